The largest absolute Gasteiger partial charge is 0.385 e. The van der Waals surface area contributed by atoms with Gasteiger partial charge in [-0.2, -0.15) is 0 Å². The van der Waals surface area contributed by atoms with Crippen LogP contribution in [0.4, 0.5) is 10.1 Å². The van der Waals surface area contributed by atoms with E-state index < -0.39 is 0 Å². The zero-order valence-electron chi connectivity index (χ0n) is 13.7. The number of halogens is 1. The van der Waals surface area contributed by atoms with Gasteiger partial charge in [-0.3, -0.25) is 4.79 Å². The summed E-state index contributed by atoms with van der Waals surface area (Å²) in [5, 5.41) is 6.30. The average Bonchev–Trinajstić information content (AvgIpc) is 2.60. The first-order valence-electron chi connectivity index (χ1n) is 8.23. The molecular weight excluding hydrogens is 303 g/mol. The number of nitrogens with one attached hydrogen (secondary N) is 2. The normalized spacial score (nSPS) is 14.8. The summed E-state index contributed by atoms with van der Waals surface area (Å²) in [6, 6.07) is 12.5. The Morgan fingerprint density at radius 3 is 2.96 bits per heavy atom. The summed E-state index contributed by atoms with van der Waals surface area (Å²) in [5.41, 5.74) is 3.95. The highest BCUT2D eigenvalue weighted by Gasteiger charge is 2.13. The molecule has 0 fully saturated rings. The molecule has 2 aromatic rings. The molecule has 0 bridgehead atoms. The fourth-order valence-corrected chi connectivity index (χ4v) is 2.88. The summed E-state index contributed by atoms with van der Waals surface area (Å²) >= 11 is 0. The van der Waals surface area contributed by atoms with E-state index in [-0.39, 0.29) is 17.8 Å². The molecule has 1 atom stereocenters. The first-order chi connectivity index (χ1) is 11.6. The first kappa shape index (κ1) is 16.2. The van der Waals surface area contributed by atoms with Gasteiger partial charge in [0.15, 0.2) is 0 Å². The van der Waals surface area contributed by atoms with Gasteiger partial charge in [-0.05, 0) is 49.1 Å². The van der Waals surface area contributed by atoms with Crippen LogP contribution in [0.5, 0.6) is 0 Å². The number of fused-ring (bicyclic) bond motifs is 1. The Bertz CT molecular complexity index is 770. The van der Waals surface area contributed by atoms with Gasteiger partial charge in [0.2, 0.25) is 5.91 Å². The van der Waals surface area contributed by atoms with Gasteiger partial charge in [0.1, 0.15) is 5.82 Å². The standard InChI is InChI=1S/C20H21FN2O/c1-14(16-8-10-19-17(13-16)6-4-12-22-19)23-20(24)11-9-15-5-2-3-7-18(15)21/h2-3,5,7-11,13-14,22H,4,6,12H2,1H3,(H,23,24)/b11-9+. The van der Waals surface area contributed by atoms with Gasteiger partial charge in [-0.25, -0.2) is 4.39 Å². The third kappa shape index (κ3) is 3.82. The van der Waals surface area contributed by atoms with Crippen molar-refractivity contribution in [2.45, 2.75) is 25.8 Å². The number of benzene rings is 2. The summed E-state index contributed by atoms with van der Waals surface area (Å²) in [6.45, 7) is 2.96. The van der Waals surface area contributed by atoms with Gasteiger partial charge in [-0.15, -0.1) is 0 Å². The Labute approximate surface area is 141 Å². The van der Waals surface area contributed by atoms with Crippen LogP contribution in [-0.4, -0.2) is 12.5 Å². The summed E-state index contributed by atoms with van der Waals surface area (Å²) in [4.78, 5) is 12.1. The van der Waals surface area contributed by atoms with Crippen molar-refractivity contribution < 1.29 is 9.18 Å². The number of amides is 1. The van der Waals surface area contributed by atoms with Crippen molar-refractivity contribution in [3.8, 4) is 0 Å². The second-order valence-corrected chi connectivity index (χ2v) is 6.03. The number of aryl methyl sites for hydroxylation is 1. The fourth-order valence-electron chi connectivity index (χ4n) is 2.88. The van der Waals surface area contributed by atoms with Crippen LogP contribution < -0.4 is 10.6 Å². The molecule has 1 aliphatic heterocycles. The molecular formula is C20H21FN2O. The van der Waals surface area contributed by atoms with Gasteiger partial charge < -0.3 is 10.6 Å². The van der Waals surface area contributed by atoms with Crippen molar-refractivity contribution >= 4 is 17.7 Å². The molecule has 2 N–H and O–H groups in total. The maximum Gasteiger partial charge on any atom is 0.244 e. The fraction of sp³-hybridized carbons (Fsp3) is 0.250. The van der Waals surface area contributed by atoms with Crippen molar-refractivity contribution in [2.24, 2.45) is 0 Å². The van der Waals surface area contributed by atoms with E-state index in [1.54, 1.807) is 18.2 Å². The third-order valence-corrected chi connectivity index (χ3v) is 4.25. The van der Waals surface area contributed by atoms with Crippen LogP contribution in [-0.2, 0) is 11.2 Å². The van der Waals surface area contributed by atoms with E-state index in [0.717, 1.165) is 24.9 Å². The molecule has 0 spiro atoms. The first-order valence-corrected chi connectivity index (χ1v) is 8.23. The van der Waals surface area contributed by atoms with E-state index in [1.807, 2.05) is 13.0 Å². The van der Waals surface area contributed by atoms with E-state index in [2.05, 4.69) is 22.8 Å². The smallest absolute Gasteiger partial charge is 0.244 e. The number of anilines is 1. The minimum Gasteiger partial charge on any atom is -0.385 e. The molecule has 4 heteroatoms. The predicted octanol–water partition coefficient (Wildman–Crippen LogP) is 4.07. The lowest BCUT2D eigenvalue weighted by molar-refractivity contribution is -0.117. The summed E-state index contributed by atoms with van der Waals surface area (Å²) in [5.74, 6) is -0.571. The van der Waals surface area contributed by atoms with Crippen LogP contribution in [0, 0.1) is 5.82 Å². The maximum atomic E-state index is 13.5. The quantitative estimate of drug-likeness (QED) is 0.832. The van der Waals surface area contributed by atoms with Crippen LogP contribution in [0.25, 0.3) is 6.08 Å². The van der Waals surface area contributed by atoms with Crippen LogP contribution >= 0.6 is 0 Å². The average molecular weight is 324 g/mol. The Morgan fingerprint density at radius 1 is 1.29 bits per heavy atom. The molecule has 0 radical (unpaired) electrons. The number of hydrogen-bond acceptors (Lipinski definition) is 2. The molecule has 1 heterocycles. The topological polar surface area (TPSA) is 41.1 Å². The molecule has 0 saturated carbocycles. The van der Waals surface area contributed by atoms with Crippen LogP contribution in [0.15, 0.2) is 48.5 Å². The highest BCUT2D eigenvalue weighted by molar-refractivity contribution is 5.92. The van der Waals surface area contributed by atoms with Gasteiger partial charge in [0, 0.05) is 23.9 Å². The predicted molar refractivity (Wildman–Crippen MR) is 95.2 cm³/mol. The minimum absolute atomic E-state index is 0.102. The zero-order valence-corrected chi connectivity index (χ0v) is 13.7. The van der Waals surface area contributed by atoms with Crippen LogP contribution in [0.3, 0.4) is 0 Å². The van der Waals surface area contributed by atoms with E-state index in [1.165, 1.54) is 29.5 Å². The molecule has 24 heavy (non-hydrogen) atoms. The molecule has 1 unspecified atom stereocenters. The summed E-state index contributed by atoms with van der Waals surface area (Å²) in [7, 11) is 0. The van der Waals surface area contributed by atoms with E-state index in [4.69, 9.17) is 0 Å². The SMILES string of the molecule is CC(NC(=O)/C=C/c1ccccc1F)c1ccc2c(c1)CCCN2. The number of hydrogen-bond donors (Lipinski definition) is 2. The summed E-state index contributed by atoms with van der Waals surface area (Å²) in [6.07, 6.45) is 5.05. The molecule has 3 nitrogen and oxygen atoms in total. The van der Waals surface area contributed by atoms with Gasteiger partial charge in [-0.1, -0.05) is 30.3 Å². The van der Waals surface area contributed by atoms with Crippen LogP contribution in [0.1, 0.15) is 36.1 Å². The maximum absolute atomic E-state index is 13.5. The lowest BCUT2D eigenvalue weighted by Gasteiger charge is -2.21. The van der Waals surface area contributed by atoms with Crippen molar-refractivity contribution in [1.82, 2.24) is 5.32 Å². The monoisotopic (exact) mass is 324 g/mol. The minimum atomic E-state index is -0.336. The van der Waals surface area contributed by atoms with Crippen molar-refractivity contribution in [3.63, 3.8) is 0 Å². The van der Waals surface area contributed by atoms with Crippen molar-refractivity contribution in [1.29, 1.82) is 0 Å². The second kappa shape index (κ2) is 7.30. The highest BCUT2D eigenvalue weighted by Crippen LogP contribution is 2.25. The molecule has 1 amide bonds. The molecule has 0 saturated heterocycles. The molecule has 1 aliphatic rings. The van der Waals surface area contributed by atoms with E-state index in [9.17, 15) is 9.18 Å². The van der Waals surface area contributed by atoms with Gasteiger partial charge in [0.25, 0.3) is 0 Å². The van der Waals surface area contributed by atoms with Gasteiger partial charge in [0.05, 0.1) is 6.04 Å². The third-order valence-electron chi connectivity index (χ3n) is 4.25. The molecule has 0 aromatic heterocycles. The summed E-state index contributed by atoms with van der Waals surface area (Å²) < 4.78 is 13.5. The number of carbonyl (C=O) groups excluding carboxylic acids is 1. The number of carbonyl (C=O) groups is 1. The van der Waals surface area contributed by atoms with E-state index >= 15 is 0 Å². The van der Waals surface area contributed by atoms with Crippen molar-refractivity contribution in [2.75, 3.05) is 11.9 Å². The molecule has 3 rings (SSSR count). The molecule has 124 valence electrons. The molecule has 2 aromatic carbocycles. The van der Waals surface area contributed by atoms with Crippen LogP contribution in [0.2, 0.25) is 0 Å². The Morgan fingerprint density at radius 2 is 2.12 bits per heavy atom. The zero-order chi connectivity index (χ0) is 16.9. The molecule has 0 aliphatic carbocycles. The van der Waals surface area contributed by atoms with Gasteiger partial charge >= 0.3 is 0 Å². The number of rotatable bonds is 4. The lowest BCUT2D eigenvalue weighted by atomic mass is 9.98. The Kier molecular flexibility index (Phi) is 4.94. The van der Waals surface area contributed by atoms with E-state index in [0.29, 0.717) is 5.56 Å². The Balaban J connectivity index is 1.65. The second-order valence-electron chi connectivity index (χ2n) is 6.03. The Hall–Kier alpha value is -2.62. The highest BCUT2D eigenvalue weighted by atomic mass is 19.1. The lowest BCUT2D eigenvalue weighted by Crippen LogP contribution is -2.25. The van der Waals surface area contributed by atoms with Crippen molar-refractivity contribution in [3.05, 3.63) is 71.0 Å².